The fraction of sp³-hybridized carbons (Fsp3) is 0.310. The molecule has 1 atom stereocenters. The number of rotatable bonds is 7. The van der Waals surface area contributed by atoms with Crippen LogP contribution in [-0.4, -0.2) is 67.1 Å². The minimum absolute atomic E-state index is 0.0151. The first-order valence-corrected chi connectivity index (χ1v) is 19.4. The number of pyridine rings is 2. The number of carbonyl (C=O) groups excluding carboxylic acids is 3. The topological polar surface area (TPSA) is 139 Å². The van der Waals surface area contributed by atoms with Crippen molar-refractivity contribution in [3.8, 4) is 10.6 Å². The van der Waals surface area contributed by atoms with E-state index in [1.807, 2.05) is 38.1 Å². The van der Waals surface area contributed by atoms with Gasteiger partial charge < -0.3 is 30.5 Å². The molecule has 0 saturated carbocycles. The van der Waals surface area contributed by atoms with Gasteiger partial charge in [0.05, 0.1) is 16.1 Å². The standard InChI is InChI=1S/C42H40FN7O4S/c1-24-19-30(38(46-20-24)49-22-42(23-49)13-17-54-18-14-42)39(51)47-27-10-8-26(9-11-27)41(53)50-16-12-29-33(43)37(55-36(29)35-32(50)7-4-15-44-35)40(52)48-34-25(2)5-3-6-28(34)31-21-45-31/h3-11,15,19-20,31,45H,12-14,16-18,21-23H2,1-2H3,(H,47,51)(H,48,52). The van der Waals surface area contributed by atoms with Crippen LogP contribution in [0.4, 0.5) is 27.3 Å². The van der Waals surface area contributed by atoms with Crippen molar-refractivity contribution in [2.75, 3.05) is 59.8 Å². The zero-order valence-corrected chi connectivity index (χ0v) is 31.4. The number of thiophene rings is 1. The smallest absolute Gasteiger partial charge is 0.268 e. The maximum Gasteiger partial charge on any atom is 0.268 e. The number of anilines is 4. The molecule has 1 spiro atoms. The molecule has 2 aromatic carbocycles. The number of aromatic nitrogens is 2. The van der Waals surface area contributed by atoms with Crippen LogP contribution in [-0.2, 0) is 11.2 Å². The lowest BCUT2D eigenvalue weighted by Crippen LogP contribution is -2.59. The molecule has 3 aromatic heterocycles. The summed E-state index contributed by atoms with van der Waals surface area (Å²) in [5, 5.41) is 9.25. The summed E-state index contributed by atoms with van der Waals surface area (Å²) in [6.45, 7) is 8.09. The largest absolute Gasteiger partial charge is 0.381 e. The van der Waals surface area contributed by atoms with Crippen LogP contribution in [0.2, 0.25) is 0 Å². The molecular formula is C42H40FN7O4S. The van der Waals surface area contributed by atoms with Crippen molar-refractivity contribution in [1.29, 1.82) is 0 Å². The van der Waals surface area contributed by atoms with Crippen molar-refractivity contribution in [3.05, 3.63) is 117 Å². The summed E-state index contributed by atoms with van der Waals surface area (Å²) < 4.78 is 21.8. The van der Waals surface area contributed by atoms with Crippen molar-refractivity contribution in [2.24, 2.45) is 5.41 Å². The van der Waals surface area contributed by atoms with Gasteiger partial charge >= 0.3 is 0 Å². The summed E-state index contributed by atoms with van der Waals surface area (Å²) >= 11 is 1.05. The molecule has 3 N–H and O–H groups in total. The third-order valence-corrected chi connectivity index (χ3v) is 12.4. The quantitative estimate of drug-likeness (QED) is 0.152. The van der Waals surface area contributed by atoms with Crippen LogP contribution in [0.3, 0.4) is 0 Å². The molecule has 0 radical (unpaired) electrons. The van der Waals surface area contributed by atoms with Crippen LogP contribution in [0.5, 0.6) is 0 Å². The number of carbonyl (C=O) groups is 3. The van der Waals surface area contributed by atoms with E-state index in [4.69, 9.17) is 4.74 Å². The maximum absolute atomic E-state index is 16.2. The number of halogens is 1. The Morgan fingerprint density at radius 1 is 0.982 bits per heavy atom. The van der Waals surface area contributed by atoms with Crippen LogP contribution in [0.15, 0.2) is 73.1 Å². The van der Waals surface area contributed by atoms with Gasteiger partial charge in [0, 0.05) is 85.7 Å². The highest BCUT2D eigenvalue weighted by Crippen LogP contribution is 2.44. The fourth-order valence-corrected chi connectivity index (χ4v) is 9.15. The second kappa shape index (κ2) is 14.0. The molecule has 3 saturated heterocycles. The number of nitrogens with one attached hydrogen (secondary N) is 3. The SMILES string of the molecule is Cc1cnc(N2CC3(CCOCC3)C2)c(C(=O)Nc2ccc(C(=O)N3CCc4c(sc(C(=O)Nc5c(C)cccc5C5CN5)c4F)-c4ncccc43)cc2)c1. The van der Waals surface area contributed by atoms with E-state index < -0.39 is 11.7 Å². The highest BCUT2D eigenvalue weighted by atomic mass is 32.1. The average molecular weight is 758 g/mol. The molecule has 280 valence electrons. The molecule has 7 heterocycles. The first-order chi connectivity index (χ1) is 26.7. The first-order valence-electron chi connectivity index (χ1n) is 18.6. The Labute approximate surface area is 321 Å². The number of para-hydroxylation sites is 1. The molecular weight excluding hydrogens is 718 g/mol. The van der Waals surface area contributed by atoms with Crippen LogP contribution < -0.4 is 25.8 Å². The van der Waals surface area contributed by atoms with Gasteiger partial charge in [-0.3, -0.25) is 19.4 Å². The maximum atomic E-state index is 16.2. The summed E-state index contributed by atoms with van der Waals surface area (Å²) in [6.07, 6.45) is 5.62. The number of ether oxygens (including phenoxy) is 1. The lowest BCUT2D eigenvalue weighted by Gasteiger charge is -2.53. The Hall–Kier alpha value is -5.50. The van der Waals surface area contributed by atoms with Gasteiger partial charge in [-0.05, 0) is 92.3 Å². The molecule has 4 aliphatic rings. The van der Waals surface area contributed by atoms with Crippen LogP contribution in [0.25, 0.3) is 10.6 Å². The third-order valence-electron chi connectivity index (χ3n) is 11.1. The van der Waals surface area contributed by atoms with Gasteiger partial charge in [-0.15, -0.1) is 11.3 Å². The molecule has 3 fully saturated rings. The number of amides is 3. The molecule has 1 unspecified atom stereocenters. The highest BCUT2D eigenvalue weighted by molar-refractivity contribution is 7.17. The van der Waals surface area contributed by atoms with Crippen LogP contribution >= 0.6 is 11.3 Å². The van der Waals surface area contributed by atoms with Gasteiger partial charge in [-0.1, -0.05) is 18.2 Å². The van der Waals surface area contributed by atoms with Crippen molar-refractivity contribution < 1.29 is 23.5 Å². The molecule has 4 aliphatic heterocycles. The van der Waals surface area contributed by atoms with Crippen LogP contribution in [0.1, 0.15) is 71.5 Å². The summed E-state index contributed by atoms with van der Waals surface area (Å²) in [5.41, 5.74) is 6.48. The lowest BCUT2D eigenvalue weighted by molar-refractivity contribution is -0.000511. The van der Waals surface area contributed by atoms with Crippen molar-refractivity contribution in [3.63, 3.8) is 0 Å². The Kier molecular flexibility index (Phi) is 8.95. The number of fused-ring (bicyclic) bond motifs is 3. The van der Waals surface area contributed by atoms with Gasteiger partial charge in [0.1, 0.15) is 16.4 Å². The minimum Gasteiger partial charge on any atom is -0.381 e. The minimum atomic E-state index is -0.590. The van der Waals surface area contributed by atoms with Gasteiger partial charge in [-0.2, -0.15) is 0 Å². The number of nitrogens with zero attached hydrogens (tertiary/aromatic N) is 4. The van der Waals surface area contributed by atoms with E-state index >= 15 is 4.39 Å². The third kappa shape index (κ3) is 6.55. The molecule has 0 aliphatic carbocycles. The second-order valence-electron chi connectivity index (χ2n) is 15.0. The highest BCUT2D eigenvalue weighted by Gasteiger charge is 2.45. The van der Waals surface area contributed by atoms with Crippen LogP contribution in [0, 0.1) is 25.1 Å². The molecule has 0 bridgehead atoms. The van der Waals surface area contributed by atoms with Gasteiger partial charge in [-0.25, -0.2) is 9.37 Å². The average Bonchev–Trinajstić information content (AvgIpc) is 4.00. The van der Waals surface area contributed by atoms with Crippen molar-refractivity contribution in [1.82, 2.24) is 15.3 Å². The van der Waals surface area contributed by atoms with Crippen molar-refractivity contribution in [2.45, 2.75) is 39.2 Å². The molecule has 9 rings (SSSR count). The van der Waals surface area contributed by atoms with Gasteiger partial charge in [0.15, 0.2) is 5.82 Å². The lowest BCUT2D eigenvalue weighted by atomic mass is 9.73. The predicted octanol–water partition coefficient (Wildman–Crippen LogP) is 6.93. The molecule has 55 heavy (non-hydrogen) atoms. The predicted molar refractivity (Wildman–Crippen MR) is 211 cm³/mol. The van der Waals surface area contributed by atoms with E-state index in [-0.39, 0.29) is 41.1 Å². The number of hydrogen-bond donors (Lipinski definition) is 3. The number of benzene rings is 2. The normalized spacial score (nSPS) is 18.1. The molecule has 13 heteroatoms. The summed E-state index contributed by atoms with van der Waals surface area (Å²) in [4.78, 5) is 54.8. The first kappa shape index (κ1) is 35.2. The Morgan fingerprint density at radius 3 is 2.53 bits per heavy atom. The summed E-state index contributed by atoms with van der Waals surface area (Å²) in [5.74, 6) is -0.988. The zero-order chi connectivity index (χ0) is 37.8. The number of aryl methyl sites for hydroxylation is 2. The Balaban J connectivity index is 0.918. The van der Waals surface area contributed by atoms with Crippen molar-refractivity contribution >= 4 is 51.9 Å². The zero-order valence-electron chi connectivity index (χ0n) is 30.6. The van der Waals surface area contributed by atoms with E-state index in [1.54, 1.807) is 53.7 Å². The second-order valence-corrected chi connectivity index (χ2v) is 16.0. The van der Waals surface area contributed by atoms with E-state index in [0.717, 1.165) is 73.7 Å². The van der Waals surface area contributed by atoms with E-state index in [1.165, 1.54) is 0 Å². The summed E-state index contributed by atoms with van der Waals surface area (Å²) in [7, 11) is 0. The number of hydrogen-bond acceptors (Lipinski definition) is 9. The molecule has 3 amide bonds. The van der Waals surface area contributed by atoms with E-state index in [9.17, 15) is 14.4 Å². The monoisotopic (exact) mass is 757 g/mol. The van der Waals surface area contributed by atoms with Gasteiger partial charge in [0.25, 0.3) is 17.7 Å². The Bertz CT molecular complexity index is 2340. The van der Waals surface area contributed by atoms with E-state index in [2.05, 4.69) is 30.8 Å². The summed E-state index contributed by atoms with van der Waals surface area (Å²) in [6, 6.07) is 18.2. The van der Waals surface area contributed by atoms with Gasteiger partial charge in [0.2, 0.25) is 0 Å². The van der Waals surface area contributed by atoms with E-state index in [0.29, 0.717) is 50.1 Å². The fourth-order valence-electron chi connectivity index (χ4n) is 8.02. The Morgan fingerprint density at radius 2 is 1.76 bits per heavy atom. The molecule has 11 nitrogen and oxygen atoms in total. The molecule has 5 aromatic rings.